The second-order valence-corrected chi connectivity index (χ2v) is 5.76. The Bertz CT molecular complexity index is 597. The Morgan fingerprint density at radius 3 is 2.57 bits per heavy atom. The van der Waals surface area contributed by atoms with Crippen LogP contribution < -0.4 is 10.2 Å². The van der Waals surface area contributed by atoms with Crippen molar-refractivity contribution < 1.29 is 19.1 Å². The van der Waals surface area contributed by atoms with Crippen molar-refractivity contribution >= 4 is 23.5 Å². The first-order chi connectivity index (χ1) is 11.0. The van der Waals surface area contributed by atoms with E-state index in [1.54, 1.807) is 29.2 Å². The van der Waals surface area contributed by atoms with Gasteiger partial charge in [-0.05, 0) is 37.6 Å². The van der Waals surface area contributed by atoms with Crippen molar-refractivity contribution in [1.29, 1.82) is 0 Å². The van der Waals surface area contributed by atoms with E-state index in [0.29, 0.717) is 17.8 Å². The van der Waals surface area contributed by atoms with Gasteiger partial charge in [0.15, 0.2) is 0 Å². The summed E-state index contributed by atoms with van der Waals surface area (Å²) in [4.78, 5) is 37.4. The highest BCUT2D eigenvalue weighted by Crippen LogP contribution is 2.25. The molecule has 23 heavy (non-hydrogen) atoms. The van der Waals surface area contributed by atoms with Gasteiger partial charge >= 0.3 is 5.97 Å². The maximum absolute atomic E-state index is 12.2. The fourth-order valence-electron chi connectivity index (χ4n) is 2.49. The molecule has 6 nitrogen and oxygen atoms in total. The summed E-state index contributed by atoms with van der Waals surface area (Å²) in [6.07, 6.45) is 1.06. The smallest absolute Gasteiger partial charge is 0.337 e. The maximum atomic E-state index is 12.2. The Hall–Kier alpha value is -2.37. The van der Waals surface area contributed by atoms with Crippen LogP contribution in [0.3, 0.4) is 0 Å². The minimum Gasteiger partial charge on any atom is -0.465 e. The zero-order valence-corrected chi connectivity index (χ0v) is 13.7. The Morgan fingerprint density at radius 1 is 1.35 bits per heavy atom. The SMILES string of the molecule is CCC(C)NC(=O)C1CC(=O)N(c2ccc(C(=O)OC)cc2)C1. The molecule has 0 saturated carbocycles. The zero-order chi connectivity index (χ0) is 17.0. The molecule has 0 spiro atoms. The molecule has 1 aromatic carbocycles. The fraction of sp³-hybridized carbons (Fsp3) is 0.471. The highest BCUT2D eigenvalue weighted by atomic mass is 16.5. The summed E-state index contributed by atoms with van der Waals surface area (Å²) in [5.41, 5.74) is 1.11. The summed E-state index contributed by atoms with van der Waals surface area (Å²) >= 11 is 0. The van der Waals surface area contributed by atoms with Crippen LogP contribution in [-0.4, -0.2) is 37.5 Å². The quantitative estimate of drug-likeness (QED) is 0.839. The molecule has 1 heterocycles. The summed E-state index contributed by atoms with van der Waals surface area (Å²) in [5, 5.41) is 2.92. The molecule has 0 aliphatic carbocycles. The first-order valence-corrected chi connectivity index (χ1v) is 7.75. The van der Waals surface area contributed by atoms with E-state index in [2.05, 4.69) is 10.1 Å². The summed E-state index contributed by atoms with van der Waals surface area (Å²) in [7, 11) is 1.32. The Labute approximate surface area is 135 Å². The number of carbonyl (C=O) groups excluding carboxylic acids is 3. The number of esters is 1. The Morgan fingerprint density at radius 2 is 2.00 bits per heavy atom. The van der Waals surface area contributed by atoms with E-state index in [4.69, 9.17) is 0 Å². The van der Waals surface area contributed by atoms with Gasteiger partial charge in [0.1, 0.15) is 0 Å². The molecule has 2 rings (SSSR count). The first kappa shape index (κ1) is 17.0. The van der Waals surface area contributed by atoms with Gasteiger partial charge in [-0.1, -0.05) is 6.92 Å². The lowest BCUT2D eigenvalue weighted by atomic mass is 10.1. The highest BCUT2D eigenvalue weighted by molar-refractivity contribution is 6.00. The summed E-state index contributed by atoms with van der Waals surface area (Å²) in [6, 6.07) is 6.71. The molecule has 1 aromatic rings. The summed E-state index contributed by atoms with van der Waals surface area (Å²) < 4.78 is 4.65. The van der Waals surface area contributed by atoms with Crippen LogP contribution in [0.1, 0.15) is 37.0 Å². The van der Waals surface area contributed by atoms with E-state index in [1.165, 1.54) is 7.11 Å². The minimum atomic E-state index is -0.421. The van der Waals surface area contributed by atoms with Crippen molar-refractivity contribution in [2.24, 2.45) is 5.92 Å². The van der Waals surface area contributed by atoms with Gasteiger partial charge in [-0.15, -0.1) is 0 Å². The monoisotopic (exact) mass is 318 g/mol. The average Bonchev–Trinajstić information content (AvgIpc) is 2.96. The minimum absolute atomic E-state index is 0.0821. The van der Waals surface area contributed by atoms with Crippen LogP contribution in [0.4, 0.5) is 5.69 Å². The molecular weight excluding hydrogens is 296 g/mol. The first-order valence-electron chi connectivity index (χ1n) is 7.75. The van der Waals surface area contributed by atoms with E-state index >= 15 is 0 Å². The Kier molecular flexibility index (Phi) is 5.36. The molecule has 124 valence electrons. The Balaban J connectivity index is 2.05. The van der Waals surface area contributed by atoms with E-state index in [9.17, 15) is 14.4 Å². The topological polar surface area (TPSA) is 75.7 Å². The number of carbonyl (C=O) groups is 3. The summed E-state index contributed by atoms with van der Waals surface area (Å²) in [5.74, 6) is -0.923. The molecule has 0 aromatic heterocycles. The number of anilines is 1. The number of benzene rings is 1. The highest BCUT2D eigenvalue weighted by Gasteiger charge is 2.35. The van der Waals surface area contributed by atoms with Gasteiger partial charge in [0.05, 0.1) is 18.6 Å². The lowest BCUT2D eigenvalue weighted by Crippen LogP contribution is -2.38. The number of rotatable bonds is 5. The van der Waals surface area contributed by atoms with Gasteiger partial charge in [0.25, 0.3) is 0 Å². The number of nitrogens with zero attached hydrogens (tertiary/aromatic N) is 1. The molecular formula is C17H22N2O4. The normalized spacial score (nSPS) is 18.7. The lowest BCUT2D eigenvalue weighted by molar-refractivity contribution is -0.126. The standard InChI is InChI=1S/C17H22N2O4/c1-4-11(2)18-16(21)13-9-15(20)19(10-13)14-7-5-12(6-8-14)17(22)23-3/h5-8,11,13H,4,9-10H2,1-3H3,(H,18,21). The fourth-order valence-corrected chi connectivity index (χ4v) is 2.49. The largest absolute Gasteiger partial charge is 0.465 e. The summed E-state index contributed by atoms with van der Waals surface area (Å²) in [6.45, 7) is 4.30. The molecule has 2 unspecified atom stereocenters. The molecule has 1 N–H and O–H groups in total. The van der Waals surface area contributed by atoms with Gasteiger partial charge in [0, 0.05) is 24.7 Å². The number of hydrogen-bond acceptors (Lipinski definition) is 4. The molecule has 1 saturated heterocycles. The molecule has 1 aliphatic rings. The van der Waals surface area contributed by atoms with Crippen molar-refractivity contribution in [3.63, 3.8) is 0 Å². The molecule has 2 amide bonds. The van der Waals surface area contributed by atoms with Crippen LogP contribution in [0.25, 0.3) is 0 Å². The van der Waals surface area contributed by atoms with Crippen molar-refractivity contribution in [2.45, 2.75) is 32.7 Å². The molecule has 0 bridgehead atoms. The van der Waals surface area contributed by atoms with Gasteiger partial charge < -0.3 is 15.0 Å². The van der Waals surface area contributed by atoms with Crippen molar-refractivity contribution in [2.75, 3.05) is 18.6 Å². The number of nitrogens with one attached hydrogen (secondary N) is 1. The molecule has 6 heteroatoms. The predicted molar refractivity (Wildman–Crippen MR) is 86.1 cm³/mol. The van der Waals surface area contributed by atoms with Crippen molar-refractivity contribution in [1.82, 2.24) is 5.32 Å². The number of amides is 2. The van der Waals surface area contributed by atoms with E-state index < -0.39 is 5.97 Å². The van der Waals surface area contributed by atoms with Crippen LogP contribution in [0.15, 0.2) is 24.3 Å². The second-order valence-electron chi connectivity index (χ2n) is 5.76. The lowest BCUT2D eigenvalue weighted by Gasteiger charge is -2.18. The van der Waals surface area contributed by atoms with Crippen molar-refractivity contribution in [3.05, 3.63) is 29.8 Å². The number of methoxy groups -OCH3 is 1. The average molecular weight is 318 g/mol. The van der Waals surface area contributed by atoms with Gasteiger partial charge in [-0.25, -0.2) is 4.79 Å². The molecule has 1 aliphatic heterocycles. The second kappa shape index (κ2) is 7.26. The number of ether oxygens (including phenoxy) is 1. The third-order valence-corrected chi connectivity index (χ3v) is 4.10. The van der Waals surface area contributed by atoms with Gasteiger partial charge in [-0.3, -0.25) is 9.59 Å². The van der Waals surface area contributed by atoms with Crippen LogP contribution in [0, 0.1) is 5.92 Å². The van der Waals surface area contributed by atoms with E-state index in [1.807, 2.05) is 13.8 Å². The zero-order valence-electron chi connectivity index (χ0n) is 13.7. The predicted octanol–water partition coefficient (Wildman–Crippen LogP) is 1.74. The van der Waals surface area contributed by atoms with Gasteiger partial charge in [0.2, 0.25) is 11.8 Å². The van der Waals surface area contributed by atoms with Gasteiger partial charge in [-0.2, -0.15) is 0 Å². The van der Waals surface area contributed by atoms with Crippen LogP contribution in [0.5, 0.6) is 0 Å². The molecule has 2 atom stereocenters. The maximum Gasteiger partial charge on any atom is 0.337 e. The van der Waals surface area contributed by atoms with E-state index in [-0.39, 0.29) is 30.2 Å². The van der Waals surface area contributed by atoms with E-state index in [0.717, 1.165) is 6.42 Å². The van der Waals surface area contributed by atoms with Crippen LogP contribution in [-0.2, 0) is 14.3 Å². The number of hydrogen-bond donors (Lipinski definition) is 1. The van der Waals surface area contributed by atoms with Crippen molar-refractivity contribution in [3.8, 4) is 0 Å². The van der Waals surface area contributed by atoms with Crippen LogP contribution in [0.2, 0.25) is 0 Å². The molecule has 0 radical (unpaired) electrons. The third kappa shape index (κ3) is 3.88. The molecule has 1 fully saturated rings. The van der Waals surface area contributed by atoms with Crippen LogP contribution >= 0.6 is 0 Å². The third-order valence-electron chi connectivity index (χ3n) is 4.10.